The zero-order valence-corrected chi connectivity index (χ0v) is 19.7. The summed E-state index contributed by atoms with van der Waals surface area (Å²) < 4.78 is 23.9. The summed E-state index contributed by atoms with van der Waals surface area (Å²) >= 11 is 3.31. The Morgan fingerprint density at radius 1 is 1.06 bits per heavy atom. The number of rotatable bonds is 9. The van der Waals surface area contributed by atoms with Crippen molar-refractivity contribution in [1.29, 1.82) is 0 Å². The van der Waals surface area contributed by atoms with Crippen LogP contribution in [-0.2, 0) is 0 Å². The van der Waals surface area contributed by atoms with Gasteiger partial charge in [-0.05, 0) is 61.7 Å². The summed E-state index contributed by atoms with van der Waals surface area (Å²) in [6, 6.07) is 3.75. The minimum Gasteiger partial charge on any atom is -0.490 e. The molecule has 1 aromatic heterocycles. The Balaban J connectivity index is 1.79. The lowest BCUT2D eigenvalue weighted by molar-refractivity contribution is 0.0515. The Hall–Kier alpha value is -2.55. The highest BCUT2D eigenvalue weighted by Gasteiger charge is 2.28. The van der Waals surface area contributed by atoms with E-state index in [-0.39, 0.29) is 12.0 Å². The van der Waals surface area contributed by atoms with Crippen LogP contribution in [0, 0.1) is 0 Å². The number of carbonyl (C=O) groups is 1. The lowest BCUT2D eigenvalue weighted by Crippen LogP contribution is -2.44. The van der Waals surface area contributed by atoms with Crippen molar-refractivity contribution in [2.75, 3.05) is 32.9 Å². The fourth-order valence-corrected chi connectivity index (χ4v) is 3.63. The van der Waals surface area contributed by atoms with Gasteiger partial charge in [0.05, 0.1) is 30.8 Å². The van der Waals surface area contributed by atoms with Crippen molar-refractivity contribution in [3.63, 3.8) is 0 Å². The van der Waals surface area contributed by atoms with E-state index in [1.807, 2.05) is 20.8 Å². The minimum atomic E-state index is -0.167. The second-order valence-electron chi connectivity index (χ2n) is 6.92. The minimum absolute atomic E-state index is 0.102. The molecule has 1 aliphatic rings. The fourth-order valence-electron chi connectivity index (χ4n) is 3.42. The number of ether oxygens (including phenoxy) is 4. The molecular weight excluding hydrogens is 466 g/mol. The van der Waals surface area contributed by atoms with Gasteiger partial charge in [0.15, 0.2) is 11.5 Å². The third-order valence-corrected chi connectivity index (χ3v) is 5.10. The molecule has 168 valence electrons. The smallest absolute Gasteiger partial charge is 0.316 e. The molecule has 9 heteroatoms. The van der Waals surface area contributed by atoms with Crippen molar-refractivity contribution >= 4 is 21.8 Å². The summed E-state index contributed by atoms with van der Waals surface area (Å²) in [7, 11) is 0. The Morgan fingerprint density at radius 3 is 2.26 bits per heavy atom. The van der Waals surface area contributed by atoms with E-state index in [0.717, 1.165) is 17.3 Å². The van der Waals surface area contributed by atoms with Crippen molar-refractivity contribution in [2.24, 2.45) is 0 Å². The van der Waals surface area contributed by atoms with Gasteiger partial charge < -0.3 is 23.8 Å². The number of halogens is 1. The molecule has 0 bridgehead atoms. The molecule has 3 rings (SSSR count). The van der Waals surface area contributed by atoms with E-state index in [1.165, 1.54) is 0 Å². The highest BCUT2D eigenvalue weighted by atomic mass is 79.9. The van der Waals surface area contributed by atoms with Crippen LogP contribution < -0.4 is 18.9 Å². The Kier molecular flexibility index (Phi) is 8.34. The van der Waals surface area contributed by atoms with E-state index >= 15 is 0 Å². The van der Waals surface area contributed by atoms with E-state index in [4.69, 9.17) is 18.9 Å². The molecule has 31 heavy (non-hydrogen) atoms. The molecular formula is C22H28BrN3O5. The second kappa shape index (κ2) is 11.2. The molecule has 1 amide bonds. The van der Waals surface area contributed by atoms with Gasteiger partial charge in [0.25, 0.3) is 5.91 Å². The molecule has 1 unspecified atom stereocenters. The molecule has 0 aliphatic carbocycles. The van der Waals surface area contributed by atoms with E-state index in [9.17, 15) is 4.79 Å². The zero-order valence-electron chi connectivity index (χ0n) is 18.1. The molecule has 8 nitrogen and oxygen atoms in total. The Bertz CT molecular complexity index is 851. The first-order valence-corrected chi connectivity index (χ1v) is 11.3. The second-order valence-corrected chi connectivity index (χ2v) is 7.83. The molecule has 1 aromatic carbocycles. The number of hydrogen-bond donors (Lipinski definition) is 0. The molecule has 2 heterocycles. The summed E-state index contributed by atoms with van der Waals surface area (Å²) in [5.41, 5.74) is 0.496. The van der Waals surface area contributed by atoms with E-state index in [2.05, 4.69) is 25.9 Å². The Morgan fingerprint density at radius 2 is 1.68 bits per heavy atom. The summed E-state index contributed by atoms with van der Waals surface area (Å²) in [4.78, 5) is 23.4. The standard InChI is InChI=1S/C22H28BrN3O5/c1-4-28-18-10-15(11-19(29-5-2)20(18)30-6-3)21(27)26-9-7-8-17(14-26)31-22-24-12-16(23)13-25-22/h10-13,17H,4-9,14H2,1-3H3. The van der Waals surface area contributed by atoms with E-state index in [0.29, 0.717) is 61.7 Å². The lowest BCUT2D eigenvalue weighted by atomic mass is 10.1. The molecule has 1 atom stereocenters. The van der Waals surface area contributed by atoms with Crippen LogP contribution in [0.2, 0.25) is 0 Å². The average Bonchev–Trinajstić information content (AvgIpc) is 2.77. The molecule has 0 radical (unpaired) electrons. The Labute approximate surface area is 191 Å². The van der Waals surface area contributed by atoms with Crippen LogP contribution in [-0.4, -0.2) is 59.8 Å². The number of benzene rings is 1. The van der Waals surface area contributed by atoms with Crippen LogP contribution in [0.5, 0.6) is 23.3 Å². The first kappa shape index (κ1) is 23.1. The van der Waals surface area contributed by atoms with Crippen LogP contribution in [0.4, 0.5) is 0 Å². The molecule has 1 aliphatic heterocycles. The SMILES string of the molecule is CCOc1cc(C(=O)N2CCCC(Oc3ncc(Br)cn3)C2)cc(OCC)c1OCC. The van der Waals surface area contributed by atoms with Crippen LogP contribution in [0.15, 0.2) is 29.0 Å². The summed E-state index contributed by atoms with van der Waals surface area (Å²) in [6.45, 7) is 8.17. The van der Waals surface area contributed by atoms with Gasteiger partial charge in [-0.25, -0.2) is 9.97 Å². The monoisotopic (exact) mass is 493 g/mol. The number of piperidine rings is 1. The maximum absolute atomic E-state index is 13.3. The highest BCUT2D eigenvalue weighted by Crippen LogP contribution is 2.39. The number of amides is 1. The van der Waals surface area contributed by atoms with Gasteiger partial charge in [0, 0.05) is 24.5 Å². The van der Waals surface area contributed by atoms with Gasteiger partial charge in [0.1, 0.15) is 6.10 Å². The van der Waals surface area contributed by atoms with E-state index < -0.39 is 0 Å². The molecule has 0 N–H and O–H groups in total. The molecule has 1 saturated heterocycles. The highest BCUT2D eigenvalue weighted by molar-refractivity contribution is 9.10. The van der Waals surface area contributed by atoms with Crippen molar-refractivity contribution in [2.45, 2.75) is 39.7 Å². The largest absolute Gasteiger partial charge is 0.490 e. The first-order chi connectivity index (χ1) is 15.0. The van der Waals surface area contributed by atoms with Crippen molar-refractivity contribution in [3.05, 3.63) is 34.6 Å². The van der Waals surface area contributed by atoms with Crippen molar-refractivity contribution in [1.82, 2.24) is 14.9 Å². The molecule has 0 saturated carbocycles. The van der Waals surface area contributed by atoms with Gasteiger partial charge in [-0.2, -0.15) is 0 Å². The number of aromatic nitrogens is 2. The van der Waals surface area contributed by atoms with Gasteiger partial charge in [-0.1, -0.05) is 0 Å². The molecule has 1 fully saturated rings. The third-order valence-electron chi connectivity index (χ3n) is 4.69. The van der Waals surface area contributed by atoms with Crippen LogP contribution in [0.3, 0.4) is 0 Å². The van der Waals surface area contributed by atoms with Gasteiger partial charge in [0.2, 0.25) is 5.75 Å². The van der Waals surface area contributed by atoms with Gasteiger partial charge in [-0.15, -0.1) is 0 Å². The summed E-state index contributed by atoms with van der Waals surface area (Å²) in [5, 5.41) is 0. The van der Waals surface area contributed by atoms with Crippen LogP contribution in [0.25, 0.3) is 0 Å². The number of likely N-dealkylation sites (tertiary alicyclic amines) is 1. The number of nitrogens with zero attached hydrogens (tertiary/aromatic N) is 3. The maximum Gasteiger partial charge on any atom is 0.316 e. The fraction of sp³-hybridized carbons (Fsp3) is 0.500. The van der Waals surface area contributed by atoms with Crippen LogP contribution in [0.1, 0.15) is 44.0 Å². The van der Waals surface area contributed by atoms with E-state index in [1.54, 1.807) is 29.4 Å². The first-order valence-electron chi connectivity index (χ1n) is 10.6. The maximum atomic E-state index is 13.3. The molecule has 2 aromatic rings. The quantitative estimate of drug-likeness (QED) is 0.519. The lowest BCUT2D eigenvalue weighted by Gasteiger charge is -2.32. The van der Waals surface area contributed by atoms with Gasteiger partial charge >= 0.3 is 6.01 Å². The number of hydrogen-bond acceptors (Lipinski definition) is 7. The zero-order chi connectivity index (χ0) is 22.2. The summed E-state index contributed by atoms with van der Waals surface area (Å²) in [6.07, 6.45) is 4.78. The predicted octanol–water partition coefficient (Wildman–Crippen LogP) is 4.12. The summed E-state index contributed by atoms with van der Waals surface area (Å²) in [5.74, 6) is 1.43. The van der Waals surface area contributed by atoms with Crippen LogP contribution >= 0.6 is 15.9 Å². The topological polar surface area (TPSA) is 83.0 Å². The molecule has 0 spiro atoms. The van der Waals surface area contributed by atoms with Crippen molar-refractivity contribution in [3.8, 4) is 23.3 Å². The van der Waals surface area contributed by atoms with Crippen molar-refractivity contribution < 1.29 is 23.7 Å². The predicted molar refractivity (Wildman–Crippen MR) is 119 cm³/mol. The van der Waals surface area contributed by atoms with Gasteiger partial charge in [-0.3, -0.25) is 4.79 Å². The third kappa shape index (κ3) is 6.00. The average molecular weight is 494 g/mol. The number of carbonyl (C=O) groups excluding carboxylic acids is 1. The normalized spacial score (nSPS) is 16.0.